The number of carbonyl (C=O) groups is 1. The van der Waals surface area contributed by atoms with Gasteiger partial charge in [0.25, 0.3) is 0 Å². The number of piperazine rings is 1. The van der Waals surface area contributed by atoms with Crippen LogP contribution in [0.5, 0.6) is 5.88 Å². The molecule has 5 heterocycles. The van der Waals surface area contributed by atoms with Crippen LogP contribution in [0.2, 0.25) is 0 Å². The van der Waals surface area contributed by atoms with Crippen molar-refractivity contribution in [3.63, 3.8) is 0 Å². The molecule has 2 aliphatic heterocycles. The highest BCUT2D eigenvalue weighted by molar-refractivity contribution is 7.88. The third kappa shape index (κ3) is 4.87. The van der Waals surface area contributed by atoms with Crippen LogP contribution in [0, 0.1) is 5.92 Å². The second-order valence-corrected chi connectivity index (χ2v) is 12.2. The smallest absolute Gasteiger partial charge is 0.241 e. The summed E-state index contributed by atoms with van der Waals surface area (Å²) < 4.78 is 33.7. The molecule has 6 rings (SSSR count). The molecule has 3 fully saturated rings. The van der Waals surface area contributed by atoms with E-state index in [1.807, 2.05) is 31.5 Å². The Bertz CT molecular complexity index is 1430. The lowest BCUT2D eigenvalue weighted by Gasteiger charge is -2.34. The Morgan fingerprint density at radius 2 is 1.89 bits per heavy atom. The van der Waals surface area contributed by atoms with Gasteiger partial charge in [-0.05, 0) is 38.0 Å². The molecule has 2 saturated heterocycles. The molecule has 0 spiro atoms. The fourth-order valence-corrected chi connectivity index (χ4v) is 5.93. The van der Waals surface area contributed by atoms with Crippen LogP contribution in [-0.4, -0.2) is 83.2 Å². The van der Waals surface area contributed by atoms with Crippen LogP contribution in [0.25, 0.3) is 22.4 Å². The number of hydrogen-bond donors (Lipinski definition) is 1. The lowest BCUT2D eigenvalue weighted by molar-refractivity contribution is -0.119. The van der Waals surface area contributed by atoms with Gasteiger partial charge in [0.1, 0.15) is 11.6 Å². The standard InChI is InChI=1S/C25H31N7O4S/c1-16(17-11-23(33)27-13-17)36-25-24-22(28-15-32(24)18-3-4-18)12-21(29-25)20-6-5-19(14-26-20)30-7-9-31(10-8-30)37(2,34)35/h5-6,12,14-18H,3-4,7-11,13H2,1-2H3,(H,27,33). The van der Waals surface area contributed by atoms with Gasteiger partial charge in [-0.25, -0.2) is 18.4 Å². The Morgan fingerprint density at radius 1 is 1.11 bits per heavy atom. The third-order valence-corrected chi connectivity index (χ3v) is 8.82. The van der Waals surface area contributed by atoms with Crippen molar-refractivity contribution in [3.05, 3.63) is 30.7 Å². The Hall–Kier alpha value is -3.25. The average molecular weight is 526 g/mol. The van der Waals surface area contributed by atoms with Crippen molar-refractivity contribution >= 4 is 32.7 Å². The van der Waals surface area contributed by atoms with Crippen LogP contribution in [0.3, 0.4) is 0 Å². The molecule has 0 bridgehead atoms. The van der Waals surface area contributed by atoms with Crippen molar-refractivity contribution in [2.24, 2.45) is 5.92 Å². The predicted molar refractivity (Wildman–Crippen MR) is 139 cm³/mol. The van der Waals surface area contributed by atoms with Gasteiger partial charge in [0, 0.05) is 51.1 Å². The number of rotatable bonds is 7. The van der Waals surface area contributed by atoms with Crippen molar-refractivity contribution in [3.8, 4) is 17.3 Å². The van der Waals surface area contributed by atoms with Gasteiger partial charge in [-0.2, -0.15) is 4.31 Å². The summed E-state index contributed by atoms with van der Waals surface area (Å²) in [5, 5.41) is 2.88. The summed E-state index contributed by atoms with van der Waals surface area (Å²) in [4.78, 5) is 28.1. The van der Waals surface area contributed by atoms with E-state index in [-0.39, 0.29) is 17.9 Å². The number of nitrogens with zero attached hydrogens (tertiary/aromatic N) is 6. The summed E-state index contributed by atoms with van der Waals surface area (Å²) in [6.45, 7) is 4.75. The van der Waals surface area contributed by atoms with E-state index in [1.54, 1.807) is 6.20 Å². The van der Waals surface area contributed by atoms with E-state index < -0.39 is 10.0 Å². The number of carbonyl (C=O) groups excluding carboxylic acids is 1. The molecule has 3 aliphatic rings. The van der Waals surface area contributed by atoms with Crippen LogP contribution in [0.4, 0.5) is 5.69 Å². The summed E-state index contributed by atoms with van der Waals surface area (Å²) in [7, 11) is -3.17. The molecule has 3 aromatic heterocycles. The minimum absolute atomic E-state index is 0.0531. The summed E-state index contributed by atoms with van der Waals surface area (Å²) in [6, 6.07) is 6.29. The fourth-order valence-electron chi connectivity index (χ4n) is 5.10. The number of anilines is 1. The monoisotopic (exact) mass is 525 g/mol. The van der Waals surface area contributed by atoms with E-state index in [1.165, 1.54) is 10.6 Å². The topological polar surface area (TPSA) is 123 Å². The van der Waals surface area contributed by atoms with Crippen LogP contribution in [-0.2, 0) is 14.8 Å². The number of imidazole rings is 1. The van der Waals surface area contributed by atoms with Gasteiger partial charge in [-0.1, -0.05) is 0 Å². The molecule has 37 heavy (non-hydrogen) atoms. The first kappa shape index (κ1) is 24.1. The van der Waals surface area contributed by atoms with Crippen molar-refractivity contribution < 1.29 is 17.9 Å². The molecule has 2 atom stereocenters. The SMILES string of the molecule is CC(Oc1nc(-c2ccc(N3CCN(S(C)(=O)=O)CC3)cn2)cc2ncn(C3CC3)c12)C1CNC(=O)C1. The van der Waals surface area contributed by atoms with E-state index in [0.29, 0.717) is 62.5 Å². The lowest BCUT2D eigenvalue weighted by Crippen LogP contribution is -2.48. The van der Waals surface area contributed by atoms with Crippen molar-refractivity contribution in [1.29, 1.82) is 0 Å². The normalized spacial score (nSPS) is 21.8. The quantitative estimate of drug-likeness (QED) is 0.496. The molecule has 12 heteroatoms. The maximum atomic E-state index is 11.8. The fraction of sp³-hybridized carbons (Fsp3) is 0.520. The lowest BCUT2D eigenvalue weighted by atomic mass is 10.0. The van der Waals surface area contributed by atoms with Crippen molar-refractivity contribution in [2.45, 2.75) is 38.3 Å². The van der Waals surface area contributed by atoms with Crippen molar-refractivity contribution in [2.75, 3.05) is 43.9 Å². The number of aromatic nitrogens is 4. The molecule has 11 nitrogen and oxygen atoms in total. The number of hydrogen-bond acceptors (Lipinski definition) is 8. The van der Waals surface area contributed by atoms with E-state index in [0.717, 1.165) is 29.6 Å². The number of fused-ring (bicyclic) bond motifs is 1. The van der Waals surface area contributed by atoms with Crippen LogP contribution in [0.15, 0.2) is 30.7 Å². The molecule has 1 aliphatic carbocycles. The summed E-state index contributed by atoms with van der Waals surface area (Å²) in [5.41, 5.74) is 4.01. The highest BCUT2D eigenvalue weighted by atomic mass is 32.2. The molecular weight excluding hydrogens is 494 g/mol. The zero-order valence-electron chi connectivity index (χ0n) is 21.0. The van der Waals surface area contributed by atoms with E-state index in [9.17, 15) is 13.2 Å². The molecule has 1 N–H and O–H groups in total. The molecule has 1 amide bonds. The number of ether oxygens (including phenoxy) is 1. The number of amides is 1. The molecule has 196 valence electrons. The number of nitrogens with one attached hydrogen (secondary N) is 1. The van der Waals surface area contributed by atoms with E-state index in [4.69, 9.17) is 9.72 Å². The summed E-state index contributed by atoms with van der Waals surface area (Å²) in [5.74, 6) is 0.662. The summed E-state index contributed by atoms with van der Waals surface area (Å²) in [6.07, 6.45) is 7.41. The van der Waals surface area contributed by atoms with E-state index >= 15 is 0 Å². The van der Waals surface area contributed by atoms with Gasteiger partial charge < -0.3 is 19.5 Å². The first-order chi connectivity index (χ1) is 17.8. The Labute approximate surface area is 215 Å². The second-order valence-electron chi connectivity index (χ2n) is 10.2. The highest BCUT2D eigenvalue weighted by Crippen LogP contribution is 2.40. The van der Waals surface area contributed by atoms with Crippen LogP contribution >= 0.6 is 0 Å². The van der Waals surface area contributed by atoms with Gasteiger partial charge in [0.15, 0.2) is 0 Å². The zero-order chi connectivity index (χ0) is 25.7. The first-order valence-electron chi connectivity index (χ1n) is 12.7. The third-order valence-electron chi connectivity index (χ3n) is 7.51. The molecule has 1 saturated carbocycles. The van der Waals surface area contributed by atoms with Gasteiger partial charge in [0.05, 0.1) is 41.4 Å². The maximum Gasteiger partial charge on any atom is 0.241 e. The maximum absolute atomic E-state index is 11.8. The average Bonchev–Trinajstić information content (AvgIpc) is 3.48. The van der Waals surface area contributed by atoms with Crippen molar-refractivity contribution in [1.82, 2.24) is 29.1 Å². The van der Waals surface area contributed by atoms with Gasteiger partial charge in [-0.3, -0.25) is 9.78 Å². The van der Waals surface area contributed by atoms with Crippen LogP contribution in [0.1, 0.15) is 32.2 Å². The Kier molecular flexibility index (Phi) is 6.03. The first-order valence-corrected chi connectivity index (χ1v) is 14.6. The molecule has 2 unspecified atom stereocenters. The highest BCUT2D eigenvalue weighted by Gasteiger charge is 2.31. The second kappa shape index (κ2) is 9.25. The van der Waals surface area contributed by atoms with Crippen LogP contribution < -0.4 is 15.0 Å². The van der Waals surface area contributed by atoms with Gasteiger partial charge >= 0.3 is 0 Å². The molecular formula is C25H31N7O4S. The predicted octanol–water partition coefficient (Wildman–Crippen LogP) is 1.81. The Balaban J connectivity index is 1.26. The minimum atomic E-state index is -3.17. The van der Waals surface area contributed by atoms with Gasteiger partial charge in [0.2, 0.25) is 21.8 Å². The van der Waals surface area contributed by atoms with Gasteiger partial charge in [-0.15, -0.1) is 0 Å². The molecule has 0 aromatic carbocycles. The Morgan fingerprint density at radius 3 is 2.51 bits per heavy atom. The zero-order valence-corrected chi connectivity index (χ0v) is 21.8. The minimum Gasteiger partial charge on any atom is -0.473 e. The molecule has 0 radical (unpaired) electrons. The number of sulfonamides is 1. The number of pyridine rings is 2. The largest absolute Gasteiger partial charge is 0.473 e. The van der Waals surface area contributed by atoms with E-state index in [2.05, 4.69) is 24.8 Å². The summed E-state index contributed by atoms with van der Waals surface area (Å²) >= 11 is 0. The molecule has 3 aromatic rings.